The molecule has 0 radical (unpaired) electrons. The molecule has 3 aromatic carbocycles. The number of benzene rings is 3. The zero-order valence-electron chi connectivity index (χ0n) is 23.0. The normalized spacial score (nSPS) is 11.9. The number of carbonyl (C=O) groups excluding carboxylic acids is 1. The number of hydrogen-bond acceptors (Lipinski definition) is 4. The Morgan fingerprint density at radius 2 is 1.56 bits per heavy atom. The molecule has 3 aromatic heterocycles. The van der Waals surface area contributed by atoms with Crippen LogP contribution in [-0.4, -0.2) is 30.6 Å². The summed E-state index contributed by atoms with van der Waals surface area (Å²) >= 11 is 0. The average Bonchev–Trinajstić information content (AvgIpc) is 3.64. The molecule has 0 unspecified atom stereocenters. The highest BCUT2D eigenvalue weighted by Crippen LogP contribution is 2.30. The van der Waals surface area contributed by atoms with Gasteiger partial charge in [-0.1, -0.05) is 79.7 Å². The average molecular weight is 541 g/mol. The molecule has 1 atom stereocenters. The molecule has 0 saturated carbocycles. The number of H-pyrrole nitrogens is 1. The van der Waals surface area contributed by atoms with E-state index in [1.165, 1.54) is 11.1 Å². The highest BCUT2D eigenvalue weighted by molar-refractivity contribution is 5.95. The fourth-order valence-electron chi connectivity index (χ4n) is 5.22. The summed E-state index contributed by atoms with van der Waals surface area (Å²) in [5, 5.41) is 13.7. The highest BCUT2D eigenvalue weighted by Gasteiger charge is 2.27. The largest absolute Gasteiger partial charge is 0.361 e. The Labute approximate surface area is 239 Å². The van der Waals surface area contributed by atoms with Gasteiger partial charge in [0.15, 0.2) is 5.82 Å². The number of hydrogen-bond donors (Lipinski definition) is 2. The topological polar surface area (TPSA) is 88.5 Å². The minimum Gasteiger partial charge on any atom is -0.361 e. The number of aromatic amines is 1. The SMILES string of the molecule is CCc1ccc(Cn2c(CCc3ccccc3)nnc2[C@H](NC(=O)c2ccncc2)c2c[nH]c3ccccc23)cc1. The van der Waals surface area contributed by atoms with Gasteiger partial charge >= 0.3 is 0 Å². The van der Waals surface area contributed by atoms with Gasteiger partial charge in [-0.2, -0.15) is 0 Å². The minimum atomic E-state index is -0.528. The van der Waals surface area contributed by atoms with Crippen molar-refractivity contribution in [3.8, 4) is 0 Å². The number of carbonyl (C=O) groups is 1. The number of fused-ring (bicyclic) bond motifs is 1. The van der Waals surface area contributed by atoms with Crippen molar-refractivity contribution < 1.29 is 4.79 Å². The lowest BCUT2D eigenvalue weighted by atomic mass is 10.0. The molecule has 7 nitrogen and oxygen atoms in total. The van der Waals surface area contributed by atoms with E-state index in [2.05, 4.69) is 81.4 Å². The fourth-order valence-corrected chi connectivity index (χ4v) is 5.22. The molecule has 6 rings (SSSR count). The van der Waals surface area contributed by atoms with Gasteiger partial charge in [0.05, 0.1) is 6.54 Å². The molecule has 0 spiro atoms. The van der Waals surface area contributed by atoms with Crippen LogP contribution in [0.25, 0.3) is 10.9 Å². The van der Waals surface area contributed by atoms with E-state index in [0.29, 0.717) is 17.9 Å². The number of nitrogens with one attached hydrogen (secondary N) is 2. The molecule has 0 saturated heterocycles. The van der Waals surface area contributed by atoms with E-state index < -0.39 is 6.04 Å². The standard InChI is InChI=1S/C34H32N6O/c1-2-24-12-14-26(15-13-24)23-40-31(17-16-25-8-4-3-5-9-25)38-39-33(40)32(37-34(41)27-18-20-35-21-19-27)29-22-36-30-11-7-6-10-28(29)30/h3-15,18-22,32,36H,2,16-17,23H2,1H3,(H,37,41)/t32-/m1/s1. The highest BCUT2D eigenvalue weighted by atomic mass is 16.1. The first kappa shape index (κ1) is 26.2. The number of aromatic nitrogens is 5. The lowest BCUT2D eigenvalue weighted by molar-refractivity contribution is 0.0941. The Bertz CT molecular complexity index is 1740. The summed E-state index contributed by atoms with van der Waals surface area (Å²) in [6.07, 6.45) is 7.77. The quantitative estimate of drug-likeness (QED) is 0.221. The number of rotatable bonds is 10. The molecular weight excluding hydrogens is 508 g/mol. The Kier molecular flexibility index (Phi) is 7.67. The maximum Gasteiger partial charge on any atom is 0.252 e. The third kappa shape index (κ3) is 5.79. The zero-order valence-corrected chi connectivity index (χ0v) is 23.0. The summed E-state index contributed by atoms with van der Waals surface area (Å²) in [4.78, 5) is 20.9. The van der Waals surface area contributed by atoms with Crippen LogP contribution < -0.4 is 5.32 Å². The van der Waals surface area contributed by atoms with Gasteiger partial charge in [-0.15, -0.1) is 10.2 Å². The number of para-hydroxylation sites is 1. The van der Waals surface area contributed by atoms with Crippen molar-refractivity contribution >= 4 is 16.8 Å². The molecule has 0 aliphatic rings. The molecule has 2 N–H and O–H groups in total. The smallest absolute Gasteiger partial charge is 0.252 e. The lowest BCUT2D eigenvalue weighted by Gasteiger charge is -2.20. The van der Waals surface area contributed by atoms with Crippen LogP contribution in [0.2, 0.25) is 0 Å². The van der Waals surface area contributed by atoms with Gasteiger partial charge < -0.3 is 14.9 Å². The lowest BCUT2D eigenvalue weighted by Crippen LogP contribution is -2.31. The predicted molar refractivity (Wildman–Crippen MR) is 161 cm³/mol. The van der Waals surface area contributed by atoms with E-state index in [0.717, 1.165) is 47.1 Å². The molecule has 0 aliphatic carbocycles. The van der Waals surface area contributed by atoms with Crippen molar-refractivity contribution in [3.63, 3.8) is 0 Å². The van der Waals surface area contributed by atoms with Crippen molar-refractivity contribution in [1.82, 2.24) is 30.0 Å². The Balaban J connectivity index is 1.43. The number of aryl methyl sites for hydroxylation is 3. The maximum atomic E-state index is 13.5. The zero-order chi connectivity index (χ0) is 28.0. The van der Waals surface area contributed by atoms with Crippen molar-refractivity contribution in [1.29, 1.82) is 0 Å². The van der Waals surface area contributed by atoms with Crippen LogP contribution in [0.3, 0.4) is 0 Å². The Morgan fingerprint density at radius 3 is 2.34 bits per heavy atom. The van der Waals surface area contributed by atoms with Crippen LogP contribution in [0.15, 0.2) is 110 Å². The van der Waals surface area contributed by atoms with Gasteiger partial charge in [-0.05, 0) is 47.7 Å². The molecule has 3 heterocycles. The molecule has 0 aliphatic heterocycles. The fraction of sp³-hybridized carbons (Fsp3) is 0.176. The van der Waals surface area contributed by atoms with Crippen molar-refractivity contribution in [3.05, 3.63) is 149 Å². The van der Waals surface area contributed by atoms with Gasteiger partial charge in [0.25, 0.3) is 5.91 Å². The van der Waals surface area contributed by atoms with E-state index in [-0.39, 0.29) is 5.91 Å². The summed E-state index contributed by atoms with van der Waals surface area (Å²) in [6.45, 7) is 2.76. The van der Waals surface area contributed by atoms with Crippen molar-refractivity contribution in [2.45, 2.75) is 38.8 Å². The second-order valence-corrected chi connectivity index (χ2v) is 10.1. The van der Waals surface area contributed by atoms with Gasteiger partial charge in [-0.25, -0.2) is 0 Å². The molecule has 0 bridgehead atoms. The van der Waals surface area contributed by atoms with E-state index in [4.69, 9.17) is 10.2 Å². The number of amides is 1. The minimum absolute atomic E-state index is 0.199. The predicted octanol–water partition coefficient (Wildman–Crippen LogP) is 6.07. The van der Waals surface area contributed by atoms with Crippen LogP contribution in [0.5, 0.6) is 0 Å². The summed E-state index contributed by atoms with van der Waals surface area (Å²) in [6, 6.07) is 30.1. The molecule has 7 heteroatoms. The van der Waals surface area contributed by atoms with Crippen LogP contribution in [0.1, 0.15) is 57.2 Å². The van der Waals surface area contributed by atoms with Crippen LogP contribution in [-0.2, 0) is 25.8 Å². The van der Waals surface area contributed by atoms with E-state index in [1.807, 2.05) is 30.5 Å². The van der Waals surface area contributed by atoms with E-state index >= 15 is 0 Å². The molecule has 204 valence electrons. The summed E-state index contributed by atoms with van der Waals surface area (Å²) in [5.74, 6) is 1.38. The van der Waals surface area contributed by atoms with Crippen molar-refractivity contribution in [2.75, 3.05) is 0 Å². The van der Waals surface area contributed by atoms with Crippen molar-refractivity contribution in [2.24, 2.45) is 0 Å². The summed E-state index contributed by atoms with van der Waals surface area (Å²) < 4.78 is 2.17. The van der Waals surface area contributed by atoms with Gasteiger partial charge in [-0.3, -0.25) is 9.78 Å². The summed E-state index contributed by atoms with van der Waals surface area (Å²) in [5.41, 5.74) is 6.17. The van der Waals surface area contributed by atoms with Crippen LogP contribution in [0.4, 0.5) is 0 Å². The first-order valence-corrected chi connectivity index (χ1v) is 14.0. The number of nitrogens with zero attached hydrogens (tertiary/aromatic N) is 4. The van der Waals surface area contributed by atoms with Gasteiger partial charge in [0.2, 0.25) is 0 Å². The maximum absolute atomic E-state index is 13.5. The number of pyridine rings is 1. The summed E-state index contributed by atoms with van der Waals surface area (Å²) in [7, 11) is 0. The molecule has 0 fully saturated rings. The molecular formula is C34H32N6O. The second kappa shape index (κ2) is 12.0. The Morgan fingerprint density at radius 1 is 0.829 bits per heavy atom. The second-order valence-electron chi connectivity index (χ2n) is 10.1. The first-order chi connectivity index (χ1) is 20.2. The first-order valence-electron chi connectivity index (χ1n) is 14.0. The van der Waals surface area contributed by atoms with E-state index in [9.17, 15) is 4.79 Å². The van der Waals surface area contributed by atoms with Gasteiger partial charge in [0.1, 0.15) is 11.9 Å². The van der Waals surface area contributed by atoms with Crippen LogP contribution in [0, 0.1) is 0 Å². The monoisotopic (exact) mass is 540 g/mol. The van der Waals surface area contributed by atoms with E-state index in [1.54, 1.807) is 24.5 Å². The molecule has 1 amide bonds. The van der Waals surface area contributed by atoms with Crippen LogP contribution >= 0.6 is 0 Å². The molecule has 41 heavy (non-hydrogen) atoms. The third-order valence-electron chi connectivity index (χ3n) is 7.52. The third-order valence-corrected chi connectivity index (χ3v) is 7.52. The molecule has 6 aromatic rings. The van der Waals surface area contributed by atoms with Gasteiger partial charge in [0, 0.05) is 47.0 Å². The Hall–Kier alpha value is -5.04.